The fraction of sp³-hybridized carbons (Fsp3) is 0.278. The van der Waals surface area contributed by atoms with Gasteiger partial charge in [0.25, 0.3) is 0 Å². The molecule has 1 aliphatic heterocycles. The van der Waals surface area contributed by atoms with Gasteiger partial charge in [0.15, 0.2) is 5.82 Å². The second-order valence-corrected chi connectivity index (χ2v) is 6.02. The number of nitrogens with zero attached hydrogens (tertiary/aromatic N) is 7. The first-order chi connectivity index (χ1) is 12.9. The molecule has 3 aromatic heterocycles. The van der Waals surface area contributed by atoms with Crippen molar-refractivity contribution in [3.05, 3.63) is 60.7 Å². The molecule has 1 aliphatic rings. The molecule has 0 radical (unpaired) electrons. The van der Waals surface area contributed by atoms with E-state index in [1.54, 1.807) is 12.4 Å². The average Bonchev–Trinajstić information content (AvgIpc) is 2.74. The van der Waals surface area contributed by atoms with Gasteiger partial charge in [-0.25, -0.2) is 4.98 Å². The van der Waals surface area contributed by atoms with Crippen molar-refractivity contribution in [1.82, 2.24) is 25.1 Å². The summed E-state index contributed by atoms with van der Waals surface area (Å²) in [6.07, 6.45) is 7.06. The number of nitrogens with one attached hydrogen (secondary N) is 1. The maximum Gasteiger partial charge on any atom is 0.247 e. The quantitative estimate of drug-likeness (QED) is 0.744. The number of hydrogen-bond donors (Lipinski definition) is 1. The highest BCUT2D eigenvalue weighted by Gasteiger charge is 2.20. The fourth-order valence-electron chi connectivity index (χ4n) is 2.88. The topological polar surface area (TPSA) is 83.0 Å². The van der Waals surface area contributed by atoms with Crippen LogP contribution in [-0.4, -0.2) is 51.3 Å². The summed E-state index contributed by atoms with van der Waals surface area (Å²) in [6.45, 7) is 4.09. The van der Waals surface area contributed by atoms with Crippen molar-refractivity contribution < 1.29 is 0 Å². The molecule has 0 aliphatic carbocycles. The van der Waals surface area contributed by atoms with Crippen molar-refractivity contribution in [3.63, 3.8) is 0 Å². The molecule has 4 heterocycles. The van der Waals surface area contributed by atoms with Crippen LogP contribution in [0, 0.1) is 0 Å². The first-order valence-electron chi connectivity index (χ1n) is 8.62. The molecular weight excluding hydrogens is 328 g/mol. The lowest BCUT2D eigenvalue weighted by Gasteiger charge is -2.35. The second kappa shape index (κ2) is 7.73. The molecule has 4 rings (SSSR count). The van der Waals surface area contributed by atoms with Gasteiger partial charge < -0.3 is 15.1 Å². The molecule has 0 unspecified atom stereocenters. The van der Waals surface area contributed by atoms with E-state index in [0.29, 0.717) is 18.3 Å². The first kappa shape index (κ1) is 16.2. The third-order valence-electron chi connectivity index (χ3n) is 4.28. The predicted molar refractivity (Wildman–Crippen MR) is 100 cm³/mol. The van der Waals surface area contributed by atoms with Gasteiger partial charge >= 0.3 is 0 Å². The van der Waals surface area contributed by atoms with Crippen molar-refractivity contribution in [3.8, 4) is 0 Å². The van der Waals surface area contributed by atoms with Gasteiger partial charge in [-0.15, -0.1) is 5.10 Å². The Morgan fingerprint density at radius 2 is 1.81 bits per heavy atom. The molecule has 3 aromatic rings. The highest BCUT2D eigenvalue weighted by molar-refractivity contribution is 5.44. The Balaban J connectivity index is 1.36. The molecule has 8 nitrogen and oxygen atoms in total. The van der Waals surface area contributed by atoms with E-state index >= 15 is 0 Å². The molecule has 0 spiro atoms. The van der Waals surface area contributed by atoms with Gasteiger partial charge in [0.1, 0.15) is 5.82 Å². The molecule has 26 heavy (non-hydrogen) atoms. The average molecular weight is 348 g/mol. The van der Waals surface area contributed by atoms with Crippen molar-refractivity contribution in [2.24, 2.45) is 0 Å². The summed E-state index contributed by atoms with van der Waals surface area (Å²) < 4.78 is 0. The smallest absolute Gasteiger partial charge is 0.247 e. The molecule has 1 fully saturated rings. The Morgan fingerprint density at radius 3 is 2.58 bits per heavy atom. The summed E-state index contributed by atoms with van der Waals surface area (Å²) in [5.74, 6) is 2.38. The van der Waals surface area contributed by atoms with E-state index in [1.807, 2.05) is 42.7 Å². The second-order valence-electron chi connectivity index (χ2n) is 6.02. The fourth-order valence-corrected chi connectivity index (χ4v) is 2.88. The van der Waals surface area contributed by atoms with Crippen molar-refractivity contribution in [2.75, 3.05) is 41.3 Å². The molecule has 132 valence electrons. The lowest BCUT2D eigenvalue weighted by Crippen LogP contribution is -2.47. The molecule has 0 saturated carbocycles. The van der Waals surface area contributed by atoms with Crippen LogP contribution in [0.3, 0.4) is 0 Å². The number of hydrogen-bond acceptors (Lipinski definition) is 8. The molecule has 0 atom stereocenters. The summed E-state index contributed by atoms with van der Waals surface area (Å²) in [5.41, 5.74) is 1.09. The number of anilines is 3. The van der Waals surface area contributed by atoms with Crippen LogP contribution in [0.15, 0.2) is 55.1 Å². The molecule has 8 heteroatoms. The van der Waals surface area contributed by atoms with E-state index in [4.69, 9.17) is 0 Å². The van der Waals surface area contributed by atoms with E-state index < -0.39 is 0 Å². The first-order valence-corrected chi connectivity index (χ1v) is 8.62. The third-order valence-corrected chi connectivity index (χ3v) is 4.28. The van der Waals surface area contributed by atoms with Crippen LogP contribution < -0.4 is 15.1 Å². The van der Waals surface area contributed by atoms with E-state index in [9.17, 15) is 0 Å². The van der Waals surface area contributed by atoms with Gasteiger partial charge in [-0.05, 0) is 23.8 Å². The van der Waals surface area contributed by atoms with Gasteiger partial charge in [-0.3, -0.25) is 4.98 Å². The van der Waals surface area contributed by atoms with Crippen LogP contribution in [0.4, 0.5) is 17.6 Å². The monoisotopic (exact) mass is 348 g/mol. The number of pyridine rings is 2. The molecule has 1 N–H and O–H groups in total. The van der Waals surface area contributed by atoms with Gasteiger partial charge in [-0.2, -0.15) is 10.1 Å². The highest BCUT2D eigenvalue weighted by Crippen LogP contribution is 2.16. The van der Waals surface area contributed by atoms with Crippen LogP contribution >= 0.6 is 0 Å². The largest absolute Gasteiger partial charge is 0.364 e. The van der Waals surface area contributed by atoms with Crippen LogP contribution in [0.25, 0.3) is 0 Å². The van der Waals surface area contributed by atoms with Crippen molar-refractivity contribution >= 4 is 17.6 Å². The number of aromatic nitrogens is 5. The minimum atomic E-state index is 0.652. The van der Waals surface area contributed by atoms with Crippen LogP contribution in [-0.2, 0) is 6.54 Å². The van der Waals surface area contributed by atoms with E-state index in [0.717, 1.165) is 37.6 Å². The summed E-state index contributed by atoms with van der Waals surface area (Å²) in [7, 11) is 0. The van der Waals surface area contributed by atoms with Gasteiger partial charge in [0, 0.05) is 51.3 Å². The van der Waals surface area contributed by atoms with Crippen molar-refractivity contribution in [2.45, 2.75) is 6.54 Å². The summed E-state index contributed by atoms with van der Waals surface area (Å²) in [6, 6.07) is 9.92. The number of piperazine rings is 1. The van der Waals surface area contributed by atoms with E-state index in [2.05, 4.69) is 40.3 Å². The van der Waals surface area contributed by atoms with Crippen LogP contribution in [0.2, 0.25) is 0 Å². The zero-order valence-electron chi connectivity index (χ0n) is 14.4. The summed E-state index contributed by atoms with van der Waals surface area (Å²) >= 11 is 0. The Labute approximate surface area is 152 Å². The van der Waals surface area contributed by atoms with Gasteiger partial charge in [-0.1, -0.05) is 12.1 Å². The molecule has 0 amide bonds. The van der Waals surface area contributed by atoms with Crippen LogP contribution in [0.1, 0.15) is 5.56 Å². The van der Waals surface area contributed by atoms with Crippen LogP contribution in [0.5, 0.6) is 0 Å². The Hall–Kier alpha value is -3.29. The lowest BCUT2D eigenvalue weighted by atomic mass is 10.3. The van der Waals surface area contributed by atoms with Gasteiger partial charge in [0.2, 0.25) is 5.95 Å². The zero-order chi connectivity index (χ0) is 17.6. The third kappa shape index (κ3) is 3.85. The molecule has 0 bridgehead atoms. The normalized spacial score (nSPS) is 14.3. The maximum atomic E-state index is 4.60. The minimum Gasteiger partial charge on any atom is -0.364 e. The van der Waals surface area contributed by atoms with Gasteiger partial charge in [0.05, 0.1) is 6.20 Å². The summed E-state index contributed by atoms with van der Waals surface area (Å²) in [5, 5.41) is 11.6. The summed E-state index contributed by atoms with van der Waals surface area (Å²) in [4.78, 5) is 17.6. The molecule has 0 aromatic carbocycles. The molecular formula is C18H20N8. The Kier molecular flexibility index (Phi) is 4.81. The lowest BCUT2D eigenvalue weighted by molar-refractivity contribution is 0.630. The molecule has 1 saturated heterocycles. The maximum absolute atomic E-state index is 4.60. The van der Waals surface area contributed by atoms with E-state index in [1.165, 1.54) is 0 Å². The Morgan fingerprint density at radius 1 is 0.923 bits per heavy atom. The zero-order valence-corrected chi connectivity index (χ0v) is 14.4. The minimum absolute atomic E-state index is 0.652. The standard InChI is InChI=1S/C18H20N8/c1-2-7-20-17(5-1)25-8-10-26(11-9-25)18-23-16(14-22-24-18)21-13-15-4-3-6-19-12-15/h1-7,12,14H,8-11,13H2,(H,21,23,24). The van der Waals surface area contributed by atoms with Crippen molar-refractivity contribution in [1.29, 1.82) is 0 Å². The van der Waals surface area contributed by atoms with E-state index in [-0.39, 0.29) is 0 Å². The predicted octanol–water partition coefficient (Wildman–Crippen LogP) is 1.60. The SMILES string of the molecule is c1ccc(N2CCN(c3nncc(NCc4cccnc4)n3)CC2)nc1. The number of rotatable bonds is 5. The highest BCUT2D eigenvalue weighted by atomic mass is 15.4. The Bertz CT molecular complexity index is 819.